The molecular formula is C16H20ClN3O2. The maximum absolute atomic E-state index is 9.73. The summed E-state index contributed by atoms with van der Waals surface area (Å²) in [5.74, 6) is 1.83. The Morgan fingerprint density at radius 2 is 2.09 bits per heavy atom. The van der Waals surface area contributed by atoms with E-state index < -0.39 is 5.54 Å². The first-order valence-electron chi connectivity index (χ1n) is 7.51. The molecule has 1 fully saturated rings. The minimum absolute atomic E-state index is 0.0168. The van der Waals surface area contributed by atoms with E-state index in [0.717, 1.165) is 24.3 Å². The maximum atomic E-state index is 9.73. The van der Waals surface area contributed by atoms with E-state index in [1.807, 2.05) is 31.2 Å². The van der Waals surface area contributed by atoms with E-state index in [0.29, 0.717) is 29.7 Å². The van der Waals surface area contributed by atoms with Gasteiger partial charge in [-0.3, -0.25) is 0 Å². The van der Waals surface area contributed by atoms with Crippen LogP contribution in [0, 0.1) is 0 Å². The smallest absolute Gasteiger partial charge is 0.229 e. The van der Waals surface area contributed by atoms with Gasteiger partial charge in [-0.2, -0.15) is 4.98 Å². The Morgan fingerprint density at radius 3 is 2.73 bits per heavy atom. The molecule has 1 heterocycles. The van der Waals surface area contributed by atoms with Crippen LogP contribution < -0.4 is 5.32 Å². The van der Waals surface area contributed by atoms with Gasteiger partial charge in [-0.1, -0.05) is 28.9 Å². The normalized spacial score (nSPS) is 17.4. The number of nitrogens with one attached hydrogen (secondary N) is 1. The lowest BCUT2D eigenvalue weighted by Crippen LogP contribution is -2.47. The third kappa shape index (κ3) is 3.85. The molecule has 0 bridgehead atoms. The summed E-state index contributed by atoms with van der Waals surface area (Å²) in [5.41, 5.74) is 0.661. The standard InChI is InChI=1S/C16H20ClN3O2/c1-16(10-21,8-11-2-6-13(17)7-3-11)18-9-14-19-15(22-20-14)12-4-5-12/h2-3,6-7,12,18,21H,4-5,8-10H2,1H3. The minimum atomic E-state index is -0.450. The van der Waals surface area contributed by atoms with Gasteiger partial charge in [-0.25, -0.2) is 0 Å². The van der Waals surface area contributed by atoms with E-state index in [2.05, 4.69) is 15.5 Å². The van der Waals surface area contributed by atoms with Crippen molar-refractivity contribution in [3.05, 3.63) is 46.6 Å². The van der Waals surface area contributed by atoms with Gasteiger partial charge in [0.2, 0.25) is 5.89 Å². The van der Waals surface area contributed by atoms with Gasteiger partial charge in [0.05, 0.1) is 13.2 Å². The molecule has 0 saturated heterocycles. The lowest BCUT2D eigenvalue weighted by molar-refractivity contribution is 0.171. The molecule has 1 unspecified atom stereocenters. The average molecular weight is 322 g/mol. The van der Waals surface area contributed by atoms with E-state index >= 15 is 0 Å². The molecule has 22 heavy (non-hydrogen) atoms. The summed E-state index contributed by atoms with van der Waals surface area (Å²) in [4.78, 5) is 4.39. The van der Waals surface area contributed by atoms with Gasteiger partial charge < -0.3 is 14.9 Å². The number of halogens is 1. The van der Waals surface area contributed by atoms with Gasteiger partial charge >= 0.3 is 0 Å². The lowest BCUT2D eigenvalue weighted by Gasteiger charge is -2.28. The number of aliphatic hydroxyl groups excluding tert-OH is 1. The molecule has 1 aliphatic rings. The number of rotatable bonds is 7. The molecule has 1 atom stereocenters. The van der Waals surface area contributed by atoms with Crippen LogP contribution in [0.4, 0.5) is 0 Å². The van der Waals surface area contributed by atoms with Crippen LogP contribution in [0.15, 0.2) is 28.8 Å². The fraction of sp³-hybridized carbons (Fsp3) is 0.500. The van der Waals surface area contributed by atoms with Crippen molar-refractivity contribution in [2.75, 3.05) is 6.61 Å². The summed E-state index contributed by atoms with van der Waals surface area (Å²) < 4.78 is 5.24. The number of hydrogen-bond acceptors (Lipinski definition) is 5. The van der Waals surface area contributed by atoms with Gasteiger partial charge in [0.15, 0.2) is 5.82 Å². The Hall–Kier alpha value is -1.43. The van der Waals surface area contributed by atoms with E-state index in [1.165, 1.54) is 0 Å². The monoisotopic (exact) mass is 321 g/mol. The first kappa shape index (κ1) is 15.5. The molecule has 1 saturated carbocycles. The molecule has 118 valence electrons. The van der Waals surface area contributed by atoms with Crippen LogP contribution in [-0.4, -0.2) is 27.4 Å². The fourth-order valence-corrected chi connectivity index (χ4v) is 2.48. The summed E-state index contributed by atoms with van der Waals surface area (Å²) in [6, 6.07) is 7.65. The molecule has 2 aromatic rings. The highest BCUT2D eigenvalue weighted by Gasteiger charge is 2.30. The minimum Gasteiger partial charge on any atom is -0.394 e. The van der Waals surface area contributed by atoms with Crippen molar-refractivity contribution in [3.63, 3.8) is 0 Å². The number of hydrogen-bond donors (Lipinski definition) is 2. The van der Waals surface area contributed by atoms with E-state index in [9.17, 15) is 5.11 Å². The van der Waals surface area contributed by atoms with Crippen LogP contribution in [0.1, 0.15) is 43.0 Å². The zero-order valence-corrected chi connectivity index (χ0v) is 13.3. The predicted molar refractivity (Wildman–Crippen MR) is 83.8 cm³/mol. The zero-order valence-electron chi connectivity index (χ0n) is 12.6. The first-order chi connectivity index (χ1) is 10.6. The third-order valence-electron chi connectivity index (χ3n) is 3.94. The van der Waals surface area contributed by atoms with Crippen molar-refractivity contribution in [1.82, 2.24) is 15.5 Å². The van der Waals surface area contributed by atoms with Gasteiger partial charge in [0.1, 0.15) is 0 Å². The van der Waals surface area contributed by atoms with Crippen LogP contribution in [-0.2, 0) is 13.0 Å². The third-order valence-corrected chi connectivity index (χ3v) is 4.19. The SMILES string of the molecule is CC(CO)(Cc1ccc(Cl)cc1)NCc1noc(C2CC2)n1. The highest BCUT2D eigenvalue weighted by molar-refractivity contribution is 6.30. The molecule has 2 N–H and O–H groups in total. The molecule has 6 heteroatoms. The summed E-state index contributed by atoms with van der Waals surface area (Å²) >= 11 is 5.90. The highest BCUT2D eigenvalue weighted by atomic mass is 35.5. The van der Waals surface area contributed by atoms with Crippen LogP contribution >= 0.6 is 11.6 Å². The molecule has 0 radical (unpaired) electrons. The average Bonchev–Trinajstić information content (AvgIpc) is 3.26. The molecule has 3 rings (SSSR count). The predicted octanol–water partition coefficient (Wildman–Crippen LogP) is 2.68. The maximum Gasteiger partial charge on any atom is 0.229 e. The number of benzene rings is 1. The Bertz CT molecular complexity index is 625. The second kappa shape index (κ2) is 6.36. The summed E-state index contributed by atoms with van der Waals surface area (Å²) in [6.45, 7) is 2.47. The van der Waals surface area contributed by atoms with Gasteiger partial charge in [-0.15, -0.1) is 0 Å². The van der Waals surface area contributed by atoms with E-state index in [-0.39, 0.29) is 6.61 Å². The molecule has 5 nitrogen and oxygen atoms in total. The lowest BCUT2D eigenvalue weighted by atomic mass is 9.93. The molecule has 1 aromatic heterocycles. The summed E-state index contributed by atoms with van der Waals surface area (Å²) in [5, 5.41) is 17.8. The zero-order chi connectivity index (χ0) is 15.6. The Labute approximate surface area is 134 Å². The van der Waals surface area contributed by atoms with Gasteiger partial charge in [0.25, 0.3) is 0 Å². The fourth-order valence-electron chi connectivity index (χ4n) is 2.35. The molecular weight excluding hydrogens is 302 g/mol. The number of aliphatic hydroxyl groups is 1. The van der Waals surface area contributed by atoms with Crippen LogP contribution in [0.3, 0.4) is 0 Å². The Morgan fingerprint density at radius 1 is 1.36 bits per heavy atom. The highest BCUT2D eigenvalue weighted by Crippen LogP contribution is 2.38. The molecule has 1 aromatic carbocycles. The quantitative estimate of drug-likeness (QED) is 0.820. The Kier molecular flexibility index (Phi) is 4.47. The van der Waals surface area contributed by atoms with E-state index in [1.54, 1.807) is 0 Å². The first-order valence-corrected chi connectivity index (χ1v) is 7.88. The topological polar surface area (TPSA) is 71.2 Å². The van der Waals surface area contributed by atoms with Crippen molar-refractivity contribution in [2.24, 2.45) is 0 Å². The molecule has 0 aliphatic heterocycles. The van der Waals surface area contributed by atoms with Crippen molar-refractivity contribution in [2.45, 2.75) is 44.2 Å². The summed E-state index contributed by atoms with van der Waals surface area (Å²) in [6.07, 6.45) is 2.97. The van der Waals surface area contributed by atoms with Gasteiger partial charge in [-0.05, 0) is 43.9 Å². The van der Waals surface area contributed by atoms with Gasteiger partial charge in [0, 0.05) is 16.5 Å². The molecule has 1 aliphatic carbocycles. The second-order valence-electron chi connectivity index (χ2n) is 6.20. The van der Waals surface area contributed by atoms with Crippen LogP contribution in [0.5, 0.6) is 0 Å². The molecule has 0 amide bonds. The van der Waals surface area contributed by atoms with Crippen LogP contribution in [0.25, 0.3) is 0 Å². The van der Waals surface area contributed by atoms with Crippen molar-refractivity contribution in [1.29, 1.82) is 0 Å². The van der Waals surface area contributed by atoms with Crippen molar-refractivity contribution >= 4 is 11.6 Å². The molecule has 0 spiro atoms. The summed E-state index contributed by atoms with van der Waals surface area (Å²) in [7, 11) is 0. The van der Waals surface area contributed by atoms with Crippen molar-refractivity contribution in [3.8, 4) is 0 Å². The van der Waals surface area contributed by atoms with Crippen molar-refractivity contribution < 1.29 is 9.63 Å². The van der Waals surface area contributed by atoms with E-state index in [4.69, 9.17) is 16.1 Å². The second-order valence-corrected chi connectivity index (χ2v) is 6.64. The largest absolute Gasteiger partial charge is 0.394 e. The number of aromatic nitrogens is 2. The Balaban J connectivity index is 1.60. The number of nitrogens with zero attached hydrogens (tertiary/aromatic N) is 2. The van der Waals surface area contributed by atoms with Crippen LogP contribution in [0.2, 0.25) is 5.02 Å².